The first kappa shape index (κ1) is 19.1. The Morgan fingerprint density at radius 3 is 2.74 bits per heavy atom. The van der Waals surface area contributed by atoms with Crippen LogP contribution in [0.3, 0.4) is 0 Å². The summed E-state index contributed by atoms with van der Waals surface area (Å²) in [5.74, 6) is 1.23. The minimum atomic E-state index is -0.173. The van der Waals surface area contributed by atoms with E-state index in [4.69, 9.17) is 9.26 Å². The van der Waals surface area contributed by atoms with Crippen molar-refractivity contribution in [2.24, 2.45) is 0 Å². The number of hydrogen-bond acceptors (Lipinski definition) is 5. The molecule has 6 nitrogen and oxygen atoms in total. The SMILES string of the molecule is CC(C)Oc1ccccc1C(=O)N(C)Cc1nc(-c2cccc(Br)c2)no1. The zero-order chi connectivity index (χ0) is 19.4. The quantitative estimate of drug-likeness (QED) is 0.574. The molecule has 0 saturated heterocycles. The molecule has 0 saturated carbocycles. The van der Waals surface area contributed by atoms with Gasteiger partial charge in [0.05, 0.1) is 11.7 Å². The average molecular weight is 430 g/mol. The van der Waals surface area contributed by atoms with E-state index in [1.54, 1.807) is 19.2 Å². The Morgan fingerprint density at radius 1 is 1.22 bits per heavy atom. The molecule has 3 rings (SSSR count). The van der Waals surface area contributed by atoms with Crippen LogP contribution < -0.4 is 4.74 Å². The number of ether oxygens (including phenoxy) is 1. The van der Waals surface area contributed by atoms with Crippen molar-refractivity contribution in [3.63, 3.8) is 0 Å². The highest BCUT2D eigenvalue weighted by molar-refractivity contribution is 9.10. The Morgan fingerprint density at radius 2 is 2.00 bits per heavy atom. The monoisotopic (exact) mass is 429 g/mol. The minimum absolute atomic E-state index is 0.0204. The number of hydrogen-bond donors (Lipinski definition) is 0. The van der Waals surface area contributed by atoms with Gasteiger partial charge in [0.2, 0.25) is 11.7 Å². The molecule has 1 amide bonds. The molecule has 0 aliphatic carbocycles. The number of carbonyl (C=O) groups is 1. The van der Waals surface area contributed by atoms with Crippen LogP contribution in [0.4, 0.5) is 0 Å². The second kappa shape index (κ2) is 8.35. The second-order valence-corrected chi connectivity index (χ2v) is 7.26. The van der Waals surface area contributed by atoms with Gasteiger partial charge in [-0.1, -0.05) is 45.4 Å². The lowest BCUT2D eigenvalue weighted by molar-refractivity contribution is 0.0763. The third kappa shape index (κ3) is 4.74. The highest BCUT2D eigenvalue weighted by atomic mass is 79.9. The largest absolute Gasteiger partial charge is 0.490 e. The van der Waals surface area contributed by atoms with Crippen LogP contribution in [0.2, 0.25) is 0 Å². The van der Waals surface area contributed by atoms with E-state index in [1.807, 2.05) is 50.2 Å². The van der Waals surface area contributed by atoms with Crippen molar-refractivity contribution in [1.29, 1.82) is 0 Å². The summed E-state index contributed by atoms with van der Waals surface area (Å²) < 4.78 is 12.0. The molecule has 1 aromatic heterocycles. The molecule has 2 aromatic carbocycles. The minimum Gasteiger partial charge on any atom is -0.490 e. The van der Waals surface area contributed by atoms with Gasteiger partial charge in [-0.25, -0.2) is 0 Å². The van der Waals surface area contributed by atoms with Crippen molar-refractivity contribution in [3.8, 4) is 17.1 Å². The number of halogens is 1. The van der Waals surface area contributed by atoms with Crippen LogP contribution in [-0.4, -0.2) is 34.1 Å². The van der Waals surface area contributed by atoms with Gasteiger partial charge < -0.3 is 14.2 Å². The molecule has 0 atom stereocenters. The Hall–Kier alpha value is -2.67. The zero-order valence-corrected chi connectivity index (χ0v) is 16.9. The van der Waals surface area contributed by atoms with E-state index in [0.717, 1.165) is 10.0 Å². The van der Waals surface area contributed by atoms with Gasteiger partial charge in [-0.2, -0.15) is 4.98 Å². The van der Waals surface area contributed by atoms with Gasteiger partial charge in [0.25, 0.3) is 5.91 Å². The topological polar surface area (TPSA) is 68.5 Å². The predicted octanol–water partition coefficient (Wildman–Crippen LogP) is 4.56. The van der Waals surface area contributed by atoms with Gasteiger partial charge in [0.1, 0.15) is 12.3 Å². The predicted molar refractivity (Wildman–Crippen MR) is 105 cm³/mol. The van der Waals surface area contributed by atoms with Gasteiger partial charge in [0.15, 0.2) is 0 Å². The molecule has 3 aromatic rings. The van der Waals surface area contributed by atoms with Gasteiger partial charge in [-0.3, -0.25) is 4.79 Å². The number of rotatable bonds is 6. The maximum Gasteiger partial charge on any atom is 0.257 e. The number of aromatic nitrogens is 2. The maximum absolute atomic E-state index is 12.8. The molecule has 0 radical (unpaired) electrons. The van der Waals surface area contributed by atoms with E-state index in [0.29, 0.717) is 23.0 Å². The number of carbonyl (C=O) groups excluding carboxylic acids is 1. The lowest BCUT2D eigenvalue weighted by Crippen LogP contribution is -2.27. The van der Waals surface area contributed by atoms with Crippen LogP contribution >= 0.6 is 15.9 Å². The van der Waals surface area contributed by atoms with E-state index in [2.05, 4.69) is 26.1 Å². The van der Waals surface area contributed by atoms with Crippen LogP contribution in [0, 0.1) is 0 Å². The Labute approximate surface area is 166 Å². The molecule has 140 valence electrons. The van der Waals surface area contributed by atoms with Crippen LogP contribution in [0.25, 0.3) is 11.4 Å². The van der Waals surface area contributed by atoms with Gasteiger partial charge in [-0.15, -0.1) is 0 Å². The molecular weight excluding hydrogens is 410 g/mol. The number of benzene rings is 2. The average Bonchev–Trinajstić information content (AvgIpc) is 3.09. The fraction of sp³-hybridized carbons (Fsp3) is 0.250. The molecule has 1 heterocycles. The summed E-state index contributed by atoms with van der Waals surface area (Å²) in [5, 5.41) is 4.00. The molecule has 0 N–H and O–H groups in total. The molecule has 27 heavy (non-hydrogen) atoms. The lowest BCUT2D eigenvalue weighted by Gasteiger charge is -2.18. The maximum atomic E-state index is 12.8. The summed E-state index contributed by atoms with van der Waals surface area (Å²) in [6.07, 6.45) is -0.0204. The smallest absolute Gasteiger partial charge is 0.257 e. The first-order chi connectivity index (χ1) is 12.9. The van der Waals surface area contributed by atoms with E-state index in [1.165, 1.54) is 4.90 Å². The Balaban J connectivity index is 1.74. The van der Waals surface area contributed by atoms with Crippen molar-refractivity contribution in [2.75, 3.05) is 7.05 Å². The molecule has 0 unspecified atom stereocenters. The van der Waals surface area contributed by atoms with Gasteiger partial charge >= 0.3 is 0 Å². The van der Waals surface area contributed by atoms with Crippen molar-refractivity contribution >= 4 is 21.8 Å². The summed E-state index contributed by atoms with van der Waals surface area (Å²) >= 11 is 3.42. The highest BCUT2D eigenvalue weighted by Crippen LogP contribution is 2.23. The highest BCUT2D eigenvalue weighted by Gasteiger charge is 2.20. The van der Waals surface area contributed by atoms with Gasteiger partial charge in [-0.05, 0) is 38.1 Å². The molecule has 7 heteroatoms. The lowest BCUT2D eigenvalue weighted by atomic mass is 10.1. The summed E-state index contributed by atoms with van der Waals surface area (Å²) in [4.78, 5) is 18.7. The van der Waals surface area contributed by atoms with Crippen molar-refractivity contribution < 1.29 is 14.1 Å². The van der Waals surface area contributed by atoms with Crippen LogP contribution in [0.15, 0.2) is 57.5 Å². The summed E-state index contributed by atoms with van der Waals surface area (Å²) in [6.45, 7) is 4.05. The first-order valence-corrected chi connectivity index (χ1v) is 9.33. The van der Waals surface area contributed by atoms with Crippen LogP contribution in [0.1, 0.15) is 30.1 Å². The van der Waals surface area contributed by atoms with E-state index < -0.39 is 0 Å². The fourth-order valence-corrected chi connectivity index (χ4v) is 2.94. The van der Waals surface area contributed by atoms with E-state index in [9.17, 15) is 4.79 Å². The zero-order valence-electron chi connectivity index (χ0n) is 15.3. The van der Waals surface area contributed by atoms with E-state index >= 15 is 0 Å². The molecule has 0 aliphatic heterocycles. The first-order valence-electron chi connectivity index (χ1n) is 8.53. The van der Waals surface area contributed by atoms with Crippen molar-refractivity contribution in [1.82, 2.24) is 15.0 Å². The summed E-state index contributed by atoms with van der Waals surface area (Å²) in [6, 6.07) is 14.8. The third-order valence-corrected chi connectivity index (χ3v) is 4.24. The molecular formula is C20H20BrN3O3. The number of amides is 1. The molecule has 0 spiro atoms. The van der Waals surface area contributed by atoms with Crippen LogP contribution in [0.5, 0.6) is 5.75 Å². The molecule has 0 bridgehead atoms. The second-order valence-electron chi connectivity index (χ2n) is 6.35. The third-order valence-electron chi connectivity index (χ3n) is 3.75. The van der Waals surface area contributed by atoms with E-state index in [-0.39, 0.29) is 18.6 Å². The number of para-hydroxylation sites is 1. The standard InChI is InChI=1S/C20H20BrN3O3/c1-13(2)26-17-10-5-4-9-16(17)20(25)24(3)12-18-22-19(23-27-18)14-7-6-8-15(21)11-14/h4-11,13H,12H2,1-3H3. The Kier molecular flexibility index (Phi) is 5.91. The normalized spacial score (nSPS) is 10.9. The van der Waals surface area contributed by atoms with Crippen LogP contribution in [-0.2, 0) is 6.54 Å². The van der Waals surface area contributed by atoms with Crippen molar-refractivity contribution in [2.45, 2.75) is 26.5 Å². The molecule has 0 aliphatic rings. The Bertz CT molecular complexity index is 939. The fourth-order valence-electron chi connectivity index (χ4n) is 2.54. The summed E-state index contributed by atoms with van der Waals surface area (Å²) in [7, 11) is 1.69. The summed E-state index contributed by atoms with van der Waals surface area (Å²) in [5.41, 5.74) is 1.34. The number of nitrogens with zero attached hydrogens (tertiary/aromatic N) is 3. The van der Waals surface area contributed by atoms with Gasteiger partial charge in [0, 0.05) is 17.1 Å². The van der Waals surface area contributed by atoms with Crippen molar-refractivity contribution in [3.05, 3.63) is 64.5 Å². The molecule has 0 fully saturated rings.